The van der Waals surface area contributed by atoms with Crippen molar-refractivity contribution in [3.8, 4) is 0 Å². The Hall–Kier alpha value is -1.13. The van der Waals surface area contributed by atoms with Crippen LogP contribution in [0.4, 0.5) is 5.13 Å². The molecule has 0 unspecified atom stereocenters. The fraction of sp³-hybridized carbons (Fsp3) is 0.438. The van der Waals surface area contributed by atoms with Crippen LogP contribution in [0.2, 0.25) is 5.15 Å². The Bertz CT molecular complexity index is 659. The van der Waals surface area contributed by atoms with Crippen LogP contribution in [-0.4, -0.2) is 43.1 Å². The molecule has 0 aliphatic heterocycles. The van der Waals surface area contributed by atoms with Gasteiger partial charge in [0, 0.05) is 38.8 Å². The predicted octanol–water partition coefficient (Wildman–Crippen LogP) is 3.17. The number of anilines is 1. The van der Waals surface area contributed by atoms with Crippen LogP contribution in [0.5, 0.6) is 0 Å². The molecule has 6 nitrogen and oxygen atoms in total. The second-order valence-electron chi connectivity index (χ2n) is 5.38. The molecule has 138 valence electrons. The standard InChI is InChI=1S/C16H23ClN6S.HI/c1-4-18-15(19-8-7-12-5-6-14(17)20-9-12)21-10-13-11-24-16(22-13)23(2)3;/h5-6,9,11H,4,7-8,10H2,1-3H3,(H2,18,19,21);1H. The lowest BCUT2D eigenvalue weighted by Gasteiger charge is -2.11. The quantitative estimate of drug-likeness (QED) is 0.268. The molecule has 0 radical (unpaired) electrons. The third-order valence-electron chi connectivity index (χ3n) is 3.16. The van der Waals surface area contributed by atoms with Gasteiger partial charge in [-0.1, -0.05) is 17.7 Å². The number of aromatic nitrogens is 2. The largest absolute Gasteiger partial charge is 0.357 e. The van der Waals surface area contributed by atoms with E-state index in [-0.39, 0.29) is 24.0 Å². The number of pyridine rings is 1. The highest BCUT2D eigenvalue weighted by molar-refractivity contribution is 14.0. The molecule has 0 spiro atoms. The van der Waals surface area contributed by atoms with Crippen molar-refractivity contribution in [2.75, 3.05) is 32.1 Å². The van der Waals surface area contributed by atoms with Crippen molar-refractivity contribution in [3.63, 3.8) is 0 Å². The number of nitrogens with zero attached hydrogens (tertiary/aromatic N) is 4. The number of halogens is 2. The lowest BCUT2D eigenvalue weighted by molar-refractivity contribution is 0.795. The van der Waals surface area contributed by atoms with Gasteiger partial charge in [0.1, 0.15) is 5.15 Å². The first-order valence-electron chi connectivity index (χ1n) is 7.83. The Balaban J connectivity index is 0.00000312. The molecular formula is C16H24ClIN6S. The van der Waals surface area contributed by atoms with Gasteiger partial charge in [-0.25, -0.2) is 15.0 Å². The third-order valence-corrected chi connectivity index (χ3v) is 4.44. The predicted molar refractivity (Wildman–Crippen MR) is 118 cm³/mol. The summed E-state index contributed by atoms with van der Waals surface area (Å²) >= 11 is 7.42. The zero-order valence-electron chi connectivity index (χ0n) is 14.6. The second-order valence-corrected chi connectivity index (χ2v) is 6.60. The second kappa shape index (κ2) is 11.5. The molecule has 2 aromatic heterocycles. The Labute approximate surface area is 175 Å². The summed E-state index contributed by atoms with van der Waals surface area (Å²) in [4.78, 5) is 15.2. The Kier molecular flexibility index (Phi) is 10.1. The summed E-state index contributed by atoms with van der Waals surface area (Å²) < 4.78 is 0. The van der Waals surface area contributed by atoms with E-state index in [1.807, 2.05) is 37.4 Å². The van der Waals surface area contributed by atoms with Crippen molar-refractivity contribution < 1.29 is 0 Å². The van der Waals surface area contributed by atoms with Crippen molar-refractivity contribution in [3.05, 3.63) is 40.1 Å². The van der Waals surface area contributed by atoms with Crippen LogP contribution in [-0.2, 0) is 13.0 Å². The van der Waals surface area contributed by atoms with E-state index >= 15 is 0 Å². The minimum Gasteiger partial charge on any atom is -0.357 e. The molecule has 2 heterocycles. The maximum atomic E-state index is 5.79. The summed E-state index contributed by atoms with van der Waals surface area (Å²) in [5.41, 5.74) is 2.11. The van der Waals surface area contributed by atoms with E-state index in [4.69, 9.17) is 11.6 Å². The number of nitrogens with one attached hydrogen (secondary N) is 2. The molecule has 2 aromatic rings. The molecule has 0 saturated heterocycles. The van der Waals surface area contributed by atoms with E-state index in [1.54, 1.807) is 23.6 Å². The molecule has 0 fully saturated rings. The van der Waals surface area contributed by atoms with Gasteiger partial charge in [0.25, 0.3) is 0 Å². The van der Waals surface area contributed by atoms with Crippen molar-refractivity contribution in [2.24, 2.45) is 4.99 Å². The first kappa shape index (κ1) is 21.9. The zero-order valence-corrected chi connectivity index (χ0v) is 18.5. The zero-order chi connectivity index (χ0) is 17.4. The van der Waals surface area contributed by atoms with E-state index in [2.05, 4.69) is 25.6 Å². The van der Waals surface area contributed by atoms with Crippen molar-refractivity contribution >= 4 is 58.0 Å². The van der Waals surface area contributed by atoms with Gasteiger partial charge in [-0.2, -0.15) is 0 Å². The molecule has 0 aromatic carbocycles. The maximum absolute atomic E-state index is 5.79. The number of guanidine groups is 1. The van der Waals surface area contributed by atoms with Gasteiger partial charge in [-0.3, -0.25) is 0 Å². The van der Waals surface area contributed by atoms with E-state index < -0.39 is 0 Å². The summed E-state index contributed by atoms with van der Waals surface area (Å²) in [6.07, 6.45) is 2.65. The van der Waals surface area contributed by atoms with Crippen LogP contribution in [0.3, 0.4) is 0 Å². The summed E-state index contributed by atoms with van der Waals surface area (Å²) in [6.45, 7) is 4.19. The first-order chi connectivity index (χ1) is 11.6. The number of aliphatic imine (C=N–C) groups is 1. The van der Waals surface area contributed by atoms with Crippen LogP contribution >= 0.6 is 46.9 Å². The van der Waals surface area contributed by atoms with Crippen LogP contribution < -0.4 is 15.5 Å². The monoisotopic (exact) mass is 494 g/mol. The molecule has 25 heavy (non-hydrogen) atoms. The minimum atomic E-state index is 0. The third kappa shape index (κ3) is 7.74. The maximum Gasteiger partial charge on any atom is 0.191 e. The van der Waals surface area contributed by atoms with E-state index in [0.29, 0.717) is 11.7 Å². The average Bonchev–Trinajstić information content (AvgIpc) is 3.04. The van der Waals surface area contributed by atoms with E-state index in [9.17, 15) is 0 Å². The number of rotatable bonds is 7. The van der Waals surface area contributed by atoms with Crippen molar-refractivity contribution in [1.29, 1.82) is 0 Å². The normalized spacial score (nSPS) is 11.0. The van der Waals surface area contributed by atoms with Crippen LogP contribution in [0.25, 0.3) is 0 Å². The highest BCUT2D eigenvalue weighted by Crippen LogP contribution is 2.18. The fourth-order valence-corrected chi connectivity index (χ4v) is 2.82. The molecule has 0 atom stereocenters. The van der Waals surface area contributed by atoms with Gasteiger partial charge in [-0.15, -0.1) is 35.3 Å². The Morgan fingerprint density at radius 1 is 1.32 bits per heavy atom. The average molecular weight is 495 g/mol. The lowest BCUT2D eigenvalue weighted by Crippen LogP contribution is -2.38. The van der Waals surface area contributed by atoms with Crippen molar-refractivity contribution in [2.45, 2.75) is 19.9 Å². The molecule has 0 saturated carbocycles. The smallest absolute Gasteiger partial charge is 0.191 e. The molecule has 0 aliphatic carbocycles. The van der Waals surface area contributed by atoms with Gasteiger partial charge < -0.3 is 15.5 Å². The Morgan fingerprint density at radius 2 is 2.12 bits per heavy atom. The molecular weight excluding hydrogens is 471 g/mol. The number of hydrogen-bond acceptors (Lipinski definition) is 5. The molecule has 0 amide bonds. The highest BCUT2D eigenvalue weighted by atomic mass is 127. The summed E-state index contributed by atoms with van der Waals surface area (Å²) in [5.74, 6) is 0.791. The van der Waals surface area contributed by atoms with Crippen LogP contribution in [0.15, 0.2) is 28.7 Å². The summed E-state index contributed by atoms with van der Waals surface area (Å²) in [7, 11) is 3.98. The summed E-state index contributed by atoms with van der Waals surface area (Å²) in [6, 6.07) is 3.79. The van der Waals surface area contributed by atoms with Crippen LogP contribution in [0, 0.1) is 0 Å². The van der Waals surface area contributed by atoms with Gasteiger partial charge in [-0.05, 0) is 25.0 Å². The highest BCUT2D eigenvalue weighted by Gasteiger charge is 2.04. The molecule has 0 aliphatic rings. The lowest BCUT2D eigenvalue weighted by atomic mass is 10.2. The number of thiazole rings is 1. The van der Waals surface area contributed by atoms with Crippen LogP contribution in [0.1, 0.15) is 18.2 Å². The molecule has 2 N–H and O–H groups in total. The molecule has 9 heteroatoms. The van der Waals surface area contributed by atoms with Gasteiger partial charge in [0.15, 0.2) is 11.1 Å². The topological polar surface area (TPSA) is 65.4 Å². The Morgan fingerprint density at radius 3 is 2.72 bits per heavy atom. The molecule has 0 bridgehead atoms. The minimum absolute atomic E-state index is 0. The number of hydrogen-bond donors (Lipinski definition) is 2. The fourth-order valence-electron chi connectivity index (χ4n) is 1.96. The SMILES string of the molecule is CCNC(=NCc1csc(N(C)C)n1)NCCc1ccc(Cl)nc1.I. The van der Waals surface area contributed by atoms with E-state index in [0.717, 1.165) is 41.9 Å². The molecule has 2 rings (SSSR count). The summed E-state index contributed by atoms with van der Waals surface area (Å²) in [5, 5.41) is 10.1. The first-order valence-corrected chi connectivity index (χ1v) is 9.08. The van der Waals surface area contributed by atoms with Gasteiger partial charge in [0.05, 0.1) is 12.2 Å². The van der Waals surface area contributed by atoms with Crippen molar-refractivity contribution in [1.82, 2.24) is 20.6 Å². The van der Waals surface area contributed by atoms with Gasteiger partial charge in [0.2, 0.25) is 0 Å². The van der Waals surface area contributed by atoms with E-state index in [1.165, 1.54) is 0 Å². The van der Waals surface area contributed by atoms with Gasteiger partial charge >= 0.3 is 0 Å².